The molecule has 1 fully saturated rings. The lowest BCUT2D eigenvalue weighted by Gasteiger charge is -2.34. The lowest BCUT2D eigenvalue weighted by Crippen LogP contribution is -2.45. The summed E-state index contributed by atoms with van der Waals surface area (Å²) in [6.45, 7) is 6.12. The van der Waals surface area contributed by atoms with Crippen molar-refractivity contribution in [3.05, 3.63) is 71.1 Å². The lowest BCUT2D eigenvalue weighted by atomic mass is 10.2. The number of halogens is 1. The second-order valence-electron chi connectivity index (χ2n) is 6.34. The van der Waals surface area contributed by atoms with Crippen molar-refractivity contribution in [3.8, 4) is 0 Å². The van der Waals surface area contributed by atoms with E-state index in [4.69, 9.17) is 16.6 Å². The summed E-state index contributed by atoms with van der Waals surface area (Å²) in [6.07, 6.45) is 4.18. The molecule has 24 heavy (non-hydrogen) atoms. The molecule has 0 amide bonds. The molecule has 5 heteroatoms. The molecule has 124 valence electrons. The van der Waals surface area contributed by atoms with Crippen molar-refractivity contribution >= 4 is 17.2 Å². The normalized spacial score (nSPS) is 16.7. The number of rotatable bonds is 4. The molecule has 0 unspecified atom stereocenters. The Balaban J connectivity index is 1.33. The third-order valence-corrected chi connectivity index (χ3v) is 4.98. The first-order valence-corrected chi connectivity index (χ1v) is 8.76. The van der Waals surface area contributed by atoms with Crippen molar-refractivity contribution in [1.29, 1.82) is 0 Å². The van der Waals surface area contributed by atoms with Crippen LogP contribution in [0.4, 0.5) is 0 Å². The summed E-state index contributed by atoms with van der Waals surface area (Å²) in [6, 6.07) is 14.2. The van der Waals surface area contributed by atoms with Crippen LogP contribution in [0.1, 0.15) is 11.3 Å². The number of benzene rings is 1. The zero-order valence-corrected chi connectivity index (χ0v) is 14.4. The van der Waals surface area contributed by atoms with Gasteiger partial charge in [-0.05, 0) is 23.8 Å². The van der Waals surface area contributed by atoms with Gasteiger partial charge in [-0.25, -0.2) is 4.98 Å². The topological polar surface area (TPSA) is 23.8 Å². The second-order valence-corrected chi connectivity index (χ2v) is 6.75. The summed E-state index contributed by atoms with van der Waals surface area (Å²) in [4.78, 5) is 9.65. The number of nitrogens with zero attached hydrogens (tertiary/aromatic N) is 4. The Morgan fingerprint density at radius 2 is 1.58 bits per heavy atom. The molecule has 4 rings (SSSR count). The minimum absolute atomic E-state index is 0.865. The largest absolute Gasteiger partial charge is 0.307 e. The van der Waals surface area contributed by atoms with Gasteiger partial charge in [0.1, 0.15) is 5.65 Å². The highest BCUT2D eigenvalue weighted by atomic mass is 35.5. The van der Waals surface area contributed by atoms with Crippen molar-refractivity contribution in [1.82, 2.24) is 19.2 Å². The molecule has 0 radical (unpaired) electrons. The van der Waals surface area contributed by atoms with Crippen LogP contribution in [0.15, 0.2) is 54.9 Å². The highest BCUT2D eigenvalue weighted by molar-refractivity contribution is 6.31. The van der Waals surface area contributed by atoms with E-state index in [0.29, 0.717) is 0 Å². The molecule has 1 aliphatic rings. The number of hydrogen-bond donors (Lipinski definition) is 0. The highest BCUT2D eigenvalue weighted by Crippen LogP contribution is 2.18. The van der Waals surface area contributed by atoms with Crippen LogP contribution in [0, 0.1) is 0 Å². The molecule has 0 saturated carbocycles. The van der Waals surface area contributed by atoms with Gasteiger partial charge in [0.05, 0.1) is 5.69 Å². The summed E-state index contributed by atoms with van der Waals surface area (Å²) in [7, 11) is 0. The first kappa shape index (κ1) is 15.6. The number of fused-ring (bicyclic) bond motifs is 1. The maximum atomic E-state index is 6.27. The molecule has 4 nitrogen and oxygen atoms in total. The molecule has 0 N–H and O–H groups in total. The van der Waals surface area contributed by atoms with Crippen molar-refractivity contribution < 1.29 is 0 Å². The summed E-state index contributed by atoms with van der Waals surface area (Å²) in [5.74, 6) is 0. The van der Waals surface area contributed by atoms with Crippen LogP contribution in [0.3, 0.4) is 0 Å². The Hall–Kier alpha value is -1.88. The summed E-state index contributed by atoms with van der Waals surface area (Å²) in [5.41, 5.74) is 3.37. The fraction of sp³-hybridized carbons (Fsp3) is 0.316. The number of pyridine rings is 1. The van der Waals surface area contributed by atoms with E-state index in [-0.39, 0.29) is 0 Å². The minimum Gasteiger partial charge on any atom is -0.307 e. The van der Waals surface area contributed by atoms with E-state index < -0.39 is 0 Å². The molecular weight excluding hydrogens is 320 g/mol. The number of piperazine rings is 1. The summed E-state index contributed by atoms with van der Waals surface area (Å²) >= 11 is 6.27. The Labute approximate surface area is 147 Å². The third-order valence-electron chi connectivity index (χ3n) is 4.62. The predicted octanol–water partition coefficient (Wildman–Crippen LogP) is 3.31. The molecule has 1 saturated heterocycles. The van der Waals surface area contributed by atoms with Crippen molar-refractivity contribution in [2.45, 2.75) is 13.1 Å². The second kappa shape index (κ2) is 6.93. The fourth-order valence-corrected chi connectivity index (χ4v) is 3.46. The van der Waals surface area contributed by atoms with Crippen molar-refractivity contribution in [2.75, 3.05) is 26.2 Å². The predicted molar refractivity (Wildman–Crippen MR) is 97.2 cm³/mol. The molecule has 0 bridgehead atoms. The van der Waals surface area contributed by atoms with E-state index in [1.165, 1.54) is 5.56 Å². The van der Waals surface area contributed by atoms with Gasteiger partial charge in [-0.3, -0.25) is 9.80 Å². The first-order valence-electron chi connectivity index (χ1n) is 8.39. The quantitative estimate of drug-likeness (QED) is 0.728. The Morgan fingerprint density at radius 1 is 0.875 bits per heavy atom. The average molecular weight is 341 g/mol. The Kier molecular flexibility index (Phi) is 4.52. The molecule has 1 aliphatic heterocycles. The number of imidazole rings is 1. The zero-order chi connectivity index (χ0) is 16.4. The smallest absolute Gasteiger partial charge is 0.137 e. The molecule has 2 aromatic heterocycles. The average Bonchev–Trinajstić information content (AvgIpc) is 3.01. The summed E-state index contributed by atoms with van der Waals surface area (Å²) in [5, 5.41) is 0.865. The molecule has 0 spiro atoms. The molecule has 1 aromatic carbocycles. The van der Waals surface area contributed by atoms with Crippen LogP contribution in [-0.2, 0) is 13.1 Å². The number of hydrogen-bond acceptors (Lipinski definition) is 3. The Morgan fingerprint density at radius 3 is 2.33 bits per heavy atom. The van der Waals surface area contributed by atoms with E-state index in [2.05, 4.69) is 32.5 Å². The van der Waals surface area contributed by atoms with Crippen molar-refractivity contribution in [2.24, 2.45) is 0 Å². The van der Waals surface area contributed by atoms with Crippen LogP contribution < -0.4 is 0 Å². The van der Waals surface area contributed by atoms with Crippen LogP contribution in [0.25, 0.3) is 5.65 Å². The van der Waals surface area contributed by atoms with Crippen LogP contribution in [0.2, 0.25) is 5.02 Å². The fourth-order valence-electron chi connectivity index (χ4n) is 3.27. The van der Waals surface area contributed by atoms with Gasteiger partial charge >= 0.3 is 0 Å². The maximum absolute atomic E-state index is 6.27. The van der Waals surface area contributed by atoms with Crippen LogP contribution >= 0.6 is 11.6 Å². The van der Waals surface area contributed by atoms with Gasteiger partial charge < -0.3 is 4.40 Å². The van der Waals surface area contributed by atoms with Gasteiger partial charge in [-0.1, -0.05) is 35.9 Å². The van der Waals surface area contributed by atoms with E-state index in [1.54, 1.807) is 0 Å². The van der Waals surface area contributed by atoms with Gasteiger partial charge in [0.2, 0.25) is 0 Å². The van der Waals surface area contributed by atoms with Gasteiger partial charge in [0.25, 0.3) is 0 Å². The molecule has 3 heterocycles. The molecule has 3 aromatic rings. The summed E-state index contributed by atoms with van der Waals surface area (Å²) < 4.78 is 2.09. The highest BCUT2D eigenvalue weighted by Gasteiger charge is 2.18. The molecule has 0 aliphatic carbocycles. The maximum Gasteiger partial charge on any atom is 0.137 e. The van der Waals surface area contributed by atoms with Gasteiger partial charge in [-0.15, -0.1) is 0 Å². The van der Waals surface area contributed by atoms with Crippen LogP contribution in [0.5, 0.6) is 0 Å². The van der Waals surface area contributed by atoms with Gasteiger partial charge in [0.15, 0.2) is 0 Å². The minimum atomic E-state index is 0.865. The van der Waals surface area contributed by atoms with E-state index in [9.17, 15) is 0 Å². The zero-order valence-electron chi connectivity index (χ0n) is 13.6. The van der Waals surface area contributed by atoms with Crippen LogP contribution in [-0.4, -0.2) is 45.4 Å². The van der Waals surface area contributed by atoms with Gasteiger partial charge in [-0.2, -0.15) is 0 Å². The molecule has 0 atom stereocenters. The lowest BCUT2D eigenvalue weighted by molar-refractivity contribution is 0.121. The standard InChI is InChI=1S/C19H21ClN4/c20-18-6-2-1-5-16(18)13-22-9-11-23(12-10-22)14-17-15-24-8-4-3-7-19(24)21-17/h1-8,15H,9-14H2. The first-order chi connectivity index (χ1) is 11.8. The van der Waals surface area contributed by atoms with Gasteiger partial charge in [0, 0.05) is 56.7 Å². The number of aromatic nitrogens is 2. The van der Waals surface area contributed by atoms with Crippen molar-refractivity contribution in [3.63, 3.8) is 0 Å². The third kappa shape index (κ3) is 3.46. The SMILES string of the molecule is Clc1ccccc1CN1CCN(Cc2cn3ccccc3n2)CC1. The molecular formula is C19H21ClN4. The van der Waals surface area contributed by atoms with E-state index in [0.717, 1.165) is 55.6 Å². The Bertz CT molecular complexity index is 788. The van der Waals surface area contributed by atoms with E-state index in [1.807, 2.05) is 36.5 Å². The van der Waals surface area contributed by atoms with E-state index >= 15 is 0 Å². The monoisotopic (exact) mass is 340 g/mol.